The van der Waals surface area contributed by atoms with Crippen LogP contribution in [0.15, 0.2) is 36.7 Å². The second-order valence-corrected chi connectivity index (χ2v) is 9.59. The van der Waals surface area contributed by atoms with Crippen LogP contribution in [-0.4, -0.2) is 10.7 Å². The normalized spacial score (nSPS) is 11.9. The quantitative estimate of drug-likeness (QED) is 0.337. The predicted molar refractivity (Wildman–Crippen MR) is 133 cm³/mol. The van der Waals surface area contributed by atoms with Crippen LogP contribution in [0.25, 0.3) is 11.4 Å². The molecule has 1 aromatic heterocycles. The first-order chi connectivity index (χ1) is 14.2. The van der Waals surface area contributed by atoms with Crippen molar-refractivity contribution in [3.63, 3.8) is 0 Å². The van der Waals surface area contributed by atoms with Crippen molar-refractivity contribution < 1.29 is 4.57 Å². The van der Waals surface area contributed by atoms with E-state index in [9.17, 15) is 0 Å². The minimum atomic E-state index is -0.693. The largest absolute Gasteiger partial charge is 0.236 e. The summed E-state index contributed by atoms with van der Waals surface area (Å²) in [7, 11) is 0. The lowest BCUT2D eigenvalue weighted by Crippen LogP contribution is -2.64. The molecule has 0 N–H and O–H groups in total. The lowest BCUT2D eigenvalue weighted by atomic mass is 9.19. The van der Waals surface area contributed by atoms with Crippen molar-refractivity contribution >= 4 is 11.9 Å². The average Bonchev–Trinajstić information content (AvgIpc) is 3.07. The van der Waals surface area contributed by atoms with Crippen molar-refractivity contribution in [1.29, 1.82) is 0 Å². The lowest BCUT2D eigenvalue weighted by Gasteiger charge is -2.34. The van der Waals surface area contributed by atoms with E-state index >= 15 is 0 Å². The first-order valence-corrected chi connectivity index (χ1v) is 11.7. The molecule has 0 fully saturated rings. The third-order valence-corrected chi connectivity index (χ3v) is 7.50. The van der Waals surface area contributed by atoms with Gasteiger partial charge in [-0.15, -0.1) is 0 Å². The van der Waals surface area contributed by atoms with E-state index in [4.69, 9.17) is 0 Å². The number of rotatable bonds is 6. The molecular weight excluding hydrogens is 363 g/mol. The van der Waals surface area contributed by atoms with Gasteiger partial charge >= 0.3 is 0 Å². The van der Waals surface area contributed by atoms with E-state index in [-0.39, 0.29) is 0 Å². The summed E-state index contributed by atoms with van der Waals surface area (Å²) >= 11 is 0. The number of nitrogens with zero attached hydrogens (tertiary/aromatic N) is 2. The van der Waals surface area contributed by atoms with Crippen molar-refractivity contribution in [3.8, 4) is 11.4 Å². The molecule has 0 unspecified atom stereocenters. The molecule has 0 aliphatic carbocycles. The first-order valence-electron chi connectivity index (χ1n) is 11.7. The average molecular weight is 402 g/mol. The minimum absolute atomic E-state index is 0.693. The molecule has 3 heteroatoms. The van der Waals surface area contributed by atoms with Gasteiger partial charge in [-0.2, -0.15) is 19.0 Å². The molecule has 2 nitrogen and oxygen atoms in total. The Bertz CT molecular complexity index is 941. The second kappa shape index (κ2) is 8.45. The fourth-order valence-corrected chi connectivity index (χ4v) is 5.89. The number of hydrogen-bond donors (Lipinski definition) is 0. The Kier molecular flexibility index (Phi) is 6.31. The maximum absolute atomic E-state index is 2.51. The summed E-state index contributed by atoms with van der Waals surface area (Å²) < 4.78 is 5.03. The summed E-state index contributed by atoms with van der Waals surface area (Å²) in [6, 6.07) is 9.27. The fourth-order valence-electron chi connectivity index (χ4n) is 5.89. The monoisotopic (exact) mass is 402 g/mol. The van der Waals surface area contributed by atoms with Crippen LogP contribution in [0.4, 0.5) is 0 Å². The molecule has 160 valence electrons. The van der Waals surface area contributed by atoms with Crippen LogP contribution in [0.2, 0.25) is 19.0 Å². The van der Waals surface area contributed by atoms with E-state index in [1.54, 1.807) is 0 Å². The number of aryl methyl sites for hydroxylation is 6. The van der Waals surface area contributed by atoms with Gasteiger partial charge in [0.2, 0.25) is 0 Å². The molecular formula is C27H39BN2. The van der Waals surface area contributed by atoms with E-state index in [2.05, 4.69) is 108 Å². The zero-order chi connectivity index (χ0) is 22.2. The Balaban J connectivity index is 2.44. The molecule has 3 aromatic rings. The number of benzene rings is 2. The molecule has 0 bridgehead atoms. The lowest BCUT2D eigenvalue weighted by molar-refractivity contribution is -0.577. The molecule has 0 spiro atoms. The van der Waals surface area contributed by atoms with Crippen LogP contribution in [0, 0.1) is 41.5 Å². The Labute approximate surface area is 183 Å². The molecule has 0 amide bonds. The summed E-state index contributed by atoms with van der Waals surface area (Å²) in [5, 5.41) is 0. The van der Waals surface area contributed by atoms with Crippen LogP contribution in [0.5, 0.6) is 0 Å². The fraction of sp³-hybridized carbons (Fsp3) is 0.444. The van der Waals surface area contributed by atoms with E-state index < -0.39 is 6.15 Å². The molecule has 0 aliphatic rings. The molecule has 0 atom stereocenters. The molecule has 30 heavy (non-hydrogen) atoms. The van der Waals surface area contributed by atoms with Gasteiger partial charge in [0.15, 0.2) is 0 Å². The predicted octanol–water partition coefficient (Wildman–Crippen LogP) is 6.32. The minimum Gasteiger partial charge on any atom is -0.236 e. The van der Waals surface area contributed by atoms with Crippen LogP contribution in [0.1, 0.15) is 54.2 Å². The Morgan fingerprint density at radius 1 is 0.700 bits per heavy atom. The highest BCUT2D eigenvalue weighted by atomic mass is 15.2. The van der Waals surface area contributed by atoms with Gasteiger partial charge in [-0.05, 0) is 63.8 Å². The van der Waals surface area contributed by atoms with Crippen molar-refractivity contribution in [2.24, 2.45) is 0 Å². The first kappa shape index (κ1) is 22.4. The molecule has 1 heterocycles. The van der Waals surface area contributed by atoms with Crippen molar-refractivity contribution in [3.05, 3.63) is 70.0 Å². The van der Waals surface area contributed by atoms with Crippen LogP contribution in [-0.2, 0) is 0 Å². The van der Waals surface area contributed by atoms with Crippen molar-refractivity contribution in [2.45, 2.75) is 81.3 Å². The van der Waals surface area contributed by atoms with Gasteiger partial charge < -0.3 is 0 Å². The molecule has 3 rings (SSSR count). The van der Waals surface area contributed by atoms with Crippen LogP contribution >= 0.6 is 0 Å². The van der Waals surface area contributed by atoms with E-state index in [1.165, 1.54) is 69.4 Å². The SMILES string of the molecule is CC[B-](CC)(CC)c1n(-c2c(C)cc(C)cc2C)cc[n+]1-c1c(C)cc(C)cc1C. The summed E-state index contributed by atoms with van der Waals surface area (Å²) in [6.07, 6.45) is 7.47. The van der Waals surface area contributed by atoms with Crippen molar-refractivity contribution in [1.82, 2.24) is 4.57 Å². The Morgan fingerprint density at radius 2 is 1.13 bits per heavy atom. The maximum Gasteiger partial charge on any atom is 0.134 e. The Hall–Kier alpha value is -2.29. The van der Waals surface area contributed by atoms with Gasteiger partial charge in [0.05, 0.1) is 5.72 Å². The van der Waals surface area contributed by atoms with Gasteiger partial charge in [-0.25, -0.2) is 9.13 Å². The molecule has 0 radical (unpaired) electrons. The third-order valence-electron chi connectivity index (χ3n) is 7.50. The van der Waals surface area contributed by atoms with Gasteiger partial charge in [-0.1, -0.05) is 56.2 Å². The molecule has 0 saturated carbocycles. The highest BCUT2D eigenvalue weighted by molar-refractivity contribution is 6.90. The molecule has 0 aliphatic heterocycles. The topological polar surface area (TPSA) is 8.81 Å². The highest BCUT2D eigenvalue weighted by Gasteiger charge is 2.35. The van der Waals surface area contributed by atoms with E-state index in [0.717, 1.165) is 0 Å². The van der Waals surface area contributed by atoms with Gasteiger partial charge in [0, 0.05) is 0 Å². The van der Waals surface area contributed by atoms with Gasteiger partial charge in [0.25, 0.3) is 0 Å². The summed E-state index contributed by atoms with van der Waals surface area (Å²) in [5.41, 5.74) is 12.2. The smallest absolute Gasteiger partial charge is 0.134 e. The molecule has 0 saturated heterocycles. The maximum atomic E-state index is 2.51. The summed E-state index contributed by atoms with van der Waals surface area (Å²) in [4.78, 5) is 0. The second-order valence-electron chi connectivity index (χ2n) is 9.59. The Morgan fingerprint density at radius 3 is 1.57 bits per heavy atom. The van der Waals surface area contributed by atoms with Gasteiger partial charge in [-0.3, -0.25) is 0 Å². The number of imidazole rings is 1. The zero-order valence-corrected chi connectivity index (χ0v) is 20.6. The van der Waals surface area contributed by atoms with Gasteiger partial charge in [0.1, 0.15) is 29.9 Å². The van der Waals surface area contributed by atoms with Crippen molar-refractivity contribution in [2.75, 3.05) is 0 Å². The number of hydrogen-bond acceptors (Lipinski definition) is 0. The third kappa shape index (κ3) is 3.64. The molecule has 2 aromatic carbocycles. The summed E-state index contributed by atoms with van der Waals surface area (Å²) in [5.74, 6) is 0. The zero-order valence-electron chi connectivity index (χ0n) is 20.6. The highest BCUT2D eigenvalue weighted by Crippen LogP contribution is 2.26. The van der Waals surface area contributed by atoms with E-state index in [0.29, 0.717) is 0 Å². The van der Waals surface area contributed by atoms with Crippen LogP contribution < -0.4 is 10.3 Å². The van der Waals surface area contributed by atoms with Crippen LogP contribution in [0.3, 0.4) is 0 Å². The summed E-state index contributed by atoms with van der Waals surface area (Å²) in [6.45, 7) is 20.5. The number of aromatic nitrogens is 2. The standard InChI is InChI=1S/C27H39BN2/c1-10-28(11-2,12-3)27-29(25-21(6)15-19(4)16-22(25)7)13-14-30(27)26-23(8)17-20(5)18-24(26)9/h13-18H,10-12H2,1-9H3. The van der Waals surface area contributed by atoms with E-state index in [1.807, 2.05) is 0 Å².